The Morgan fingerprint density at radius 3 is 2.60 bits per heavy atom. The van der Waals surface area contributed by atoms with Gasteiger partial charge in [0.1, 0.15) is 0 Å². The lowest BCUT2D eigenvalue weighted by Crippen LogP contribution is -2.15. The second-order valence-corrected chi connectivity index (χ2v) is 8.45. The van der Waals surface area contributed by atoms with Gasteiger partial charge in [-0.1, -0.05) is 24.3 Å². The second-order valence-electron chi connectivity index (χ2n) is 5.79. The normalized spacial score (nSPS) is 11.5. The number of nitrogens with zero attached hydrogens (tertiary/aromatic N) is 2. The monoisotopic (exact) mass is 373 g/mol. The standard InChI is InChI=1S/C18H19N3O2S2/c1-13-8-9-14(2)17(12-13)25(22,23)20-15-6-4-5-7-16(15)24-18-19-10-11-21(18)3/h4-12,20H,1-3H3. The number of anilines is 1. The zero-order valence-electron chi connectivity index (χ0n) is 14.2. The zero-order chi connectivity index (χ0) is 18.0. The lowest BCUT2D eigenvalue weighted by Gasteiger charge is -2.14. The summed E-state index contributed by atoms with van der Waals surface area (Å²) in [6.07, 6.45) is 3.57. The van der Waals surface area contributed by atoms with Crippen molar-refractivity contribution < 1.29 is 8.42 Å². The summed E-state index contributed by atoms with van der Waals surface area (Å²) in [7, 11) is -1.77. The molecule has 130 valence electrons. The van der Waals surface area contributed by atoms with Crippen molar-refractivity contribution >= 4 is 27.5 Å². The molecule has 1 N–H and O–H groups in total. The molecule has 0 aliphatic heterocycles. The average molecular weight is 374 g/mol. The number of benzene rings is 2. The maximum absolute atomic E-state index is 12.9. The summed E-state index contributed by atoms with van der Waals surface area (Å²) in [4.78, 5) is 5.37. The number of imidazole rings is 1. The summed E-state index contributed by atoms with van der Waals surface area (Å²) >= 11 is 1.42. The summed E-state index contributed by atoms with van der Waals surface area (Å²) < 4.78 is 30.3. The maximum Gasteiger partial charge on any atom is 0.262 e. The van der Waals surface area contributed by atoms with Crippen LogP contribution in [0, 0.1) is 13.8 Å². The molecular weight excluding hydrogens is 354 g/mol. The van der Waals surface area contributed by atoms with Crippen LogP contribution in [0.1, 0.15) is 11.1 Å². The Morgan fingerprint density at radius 1 is 1.12 bits per heavy atom. The summed E-state index contributed by atoms with van der Waals surface area (Å²) in [5, 5.41) is 0.790. The molecule has 3 rings (SSSR count). The fourth-order valence-electron chi connectivity index (χ4n) is 2.39. The van der Waals surface area contributed by atoms with Gasteiger partial charge in [0, 0.05) is 24.3 Å². The summed E-state index contributed by atoms with van der Waals surface area (Å²) in [6, 6.07) is 12.7. The Kier molecular flexibility index (Phi) is 4.87. The highest BCUT2D eigenvalue weighted by Gasteiger charge is 2.19. The third-order valence-electron chi connectivity index (χ3n) is 3.74. The van der Waals surface area contributed by atoms with Crippen molar-refractivity contribution in [3.63, 3.8) is 0 Å². The lowest BCUT2D eigenvalue weighted by atomic mass is 10.2. The Balaban J connectivity index is 1.95. The lowest BCUT2D eigenvalue weighted by molar-refractivity contribution is 0.600. The fraction of sp³-hybridized carbons (Fsp3) is 0.167. The number of para-hydroxylation sites is 1. The number of aromatic nitrogens is 2. The van der Waals surface area contributed by atoms with Crippen LogP contribution >= 0.6 is 11.8 Å². The van der Waals surface area contributed by atoms with Gasteiger partial charge in [0.15, 0.2) is 5.16 Å². The molecule has 1 heterocycles. The fourth-order valence-corrected chi connectivity index (χ4v) is 4.75. The van der Waals surface area contributed by atoms with E-state index in [4.69, 9.17) is 0 Å². The van der Waals surface area contributed by atoms with E-state index in [9.17, 15) is 8.42 Å². The van der Waals surface area contributed by atoms with Gasteiger partial charge in [-0.25, -0.2) is 13.4 Å². The van der Waals surface area contributed by atoms with E-state index in [1.165, 1.54) is 11.8 Å². The number of aryl methyl sites for hydroxylation is 3. The minimum absolute atomic E-state index is 0.296. The van der Waals surface area contributed by atoms with Crippen LogP contribution in [0.25, 0.3) is 0 Å². The number of nitrogens with one attached hydrogen (secondary N) is 1. The van der Waals surface area contributed by atoms with Gasteiger partial charge in [-0.15, -0.1) is 0 Å². The van der Waals surface area contributed by atoms with Crippen molar-refractivity contribution in [2.24, 2.45) is 7.05 Å². The van der Waals surface area contributed by atoms with E-state index in [0.717, 1.165) is 15.6 Å². The predicted octanol–water partition coefficient (Wildman–Crippen LogP) is 3.99. The maximum atomic E-state index is 12.9. The first-order chi connectivity index (χ1) is 11.9. The molecule has 0 radical (unpaired) electrons. The predicted molar refractivity (Wildman–Crippen MR) is 100 cm³/mol. The molecule has 0 amide bonds. The molecule has 25 heavy (non-hydrogen) atoms. The summed E-state index contributed by atoms with van der Waals surface area (Å²) in [5.41, 5.74) is 2.16. The molecule has 0 bridgehead atoms. The van der Waals surface area contributed by atoms with Crippen molar-refractivity contribution in [3.05, 3.63) is 66.0 Å². The zero-order valence-corrected chi connectivity index (χ0v) is 15.9. The quantitative estimate of drug-likeness (QED) is 0.734. The van der Waals surface area contributed by atoms with Crippen LogP contribution in [0.4, 0.5) is 5.69 Å². The van der Waals surface area contributed by atoms with Crippen LogP contribution in [-0.4, -0.2) is 18.0 Å². The molecular formula is C18H19N3O2S2. The van der Waals surface area contributed by atoms with Crippen molar-refractivity contribution in [2.45, 2.75) is 28.8 Å². The van der Waals surface area contributed by atoms with E-state index >= 15 is 0 Å². The van der Waals surface area contributed by atoms with Crippen molar-refractivity contribution in [1.82, 2.24) is 9.55 Å². The second kappa shape index (κ2) is 6.93. The van der Waals surface area contributed by atoms with Crippen LogP contribution in [-0.2, 0) is 17.1 Å². The minimum atomic E-state index is -3.67. The Hall–Kier alpha value is -2.25. The van der Waals surface area contributed by atoms with E-state index in [1.807, 2.05) is 55.1 Å². The first-order valence-corrected chi connectivity index (χ1v) is 10.0. The highest BCUT2D eigenvalue weighted by Crippen LogP contribution is 2.33. The molecule has 1 aromatic heterocycles. The minimum Gasteiger partial charge on any atom is -0.329 e. The van der Waals surface area contributed by atoms with Gasteiger partial charge in [0.25, 0.3) is 10.0 Å². The van der Waals surface area contributed by atoms with Crippen LogP contribution in [0.15, 0.2) is 69.8 Å². The van der Waals surface area contributed by atoms with Gasteiger partial charge in [-0.3, -0.25) is 4.72 Å². The molecule has 0 aliphatic carbocycles. The summed E-state index contributed by atoms with van der Waals surface area (Å²) in [5.74, 6) is 0. The Morgan fingerprint density at radius 2 is 1.88 bits per heavy atom. The van der Waals surface area contributed by atoms with Gasteiger partial charge in [0.05, 0.1) is 10.6 Å². The molecule has 0 unspecified atom stereocenters. The Bertz CT molecular complexity index is 1010. The molecule has 0 aliphatic rings. The number of hydrogen-bond donors (Lipinski definition) is 1. The molecule has 0 fully saturated rings. The van der Waals surface area contributed by atoms with E-state index in [-0.39, 0.29) is 0 Å². The largest absolute Gasteiger partial charge is 0.329 e. The highest BCUT2D eigenvalue weighted by molar-refractivity contribution is 7.99. The van der Waals surface area contributed by atoms with Gasteiger partial charge in [0.2, 0.25) is 0 Å². The molecule has 0 saturated heterocycles. The van der Waals surface area contributed by atoms with Gasteiger partial charge >= 0.3 is 0 Å². The first-order valence-electron chi connectivity index (χ1n) is 7.71. The van der Waals surface area contributed by atoms with Crippen molar-refractivity contribution in [3.8, 4) is 0 Å². The third-order valence-corrected chi connectivity index (χ3v) is 6.40. The number of rotatable bonds is 5. The molecule has 0 spiro atoms. The van der Waals surface area contributed by atoms with Gasteiger partial charge < -0.3 is 4.57 Å². The molecule has 7 heteroatoms. The molecule has 2 aromatic carbocycles. The van der Waals surface area contributed by atoms with Crippen LogP contribution in [0.5, 0.6) is 0 Å². The molecule has 5 nitrogen and oxygen atoms in total. The highest BCUT2D eigenvalue weighted by atomic mass is 32.2. The topological polar surface area (TPSA) is 64.0 Å². The number of hydrogen-bond acceptors (Lipinski definition) is 4. The molecule has 3 aromatic rings. The van der Waals surface area contributed by atoms with E-state index < -0.39 is 10.0 Å². The van der Waals surface area contributed by atoms with Crippen LogP contribution in [0.3, 0.4) is 0 Å². The SMILES string of the molecule is Cc1ccc(C)c(S(=O)(=O)Nc2ccccc2Sc2nccn2C)c1. The summed E-state index contributed by atoms with van der Waals surface area (Å²) in [6.45, 7) is 3.67. The number of sulfonamides is 1. The van der Waals surface area contributed by atoms with Gasteiger partial charge in [-0.05, 0) is 54.9 Å². The van der Waals surface area contributed by atoms with E-state index in [1.54, 1.807) is 25.3 Å². The molecule has 0 atom stereocenters. The van der Waals surface area contributed by atoms with Crippen molar-refractivity contribution in [2.75, 3.05) is 4.72 Å². The first kappa shape index (κ1) is 17.6. The Labute approximate surface area is 152 Å². The van der Waals surface area contributed by atoms with E-state index in [2.05, 4.69) is 9.71 Å². The van der Waals surface area contributed by atoms with Crippen molar-refractivity contribution in [1.29, 1.82) is 0 Å². The van der Waals surface area contributed by atoms with Crippen LogP contribution in [0.2, 0.25) is 0 Å². The third kappa shape index (κ3) is 3.88. The van der Waals surface area contributed by atoms with E-state index in [0.29, 0.717) is 16.1 Å². The average Bonchev–Trinajstić information content (AvgIpc) is 2.96. The molecule has 0 saturated carbocycles. The van der Waals surface area contributed by atoms with Gasteiger partial charge in [-0.2, -0.15) is 0 Å². The van der Waals surface area contributed by atoms with Crippen LogP contribution < -0.4 is 4.72 Å². The smallest absolute Gasteiger partial charge is 0.262 e.